The third-order valence-electron chi connectivity index (χ3n) is 3.03. The van der Waals surface area contributed by atoms with Gasteiger partial charge in [0, 0.05) is 41.0 Å². The lowest BCUT2D eigenvalue weighted by Gasteiger charge is -2.01. The van der Waals surface area contributed by atoms with Crippen LogP contribution in [0.5, 0.6) is 0 Å². The summed E-state index contributed by atoms with van der Waals surface area (Å²) in [6.45, 7) is 2.01. The molecule has 0 spiro atoms. The zero-order valence-corrected chi connectivity index (χ0v) is 10.2. The molecule has 0 radical (unpaired) electrons. The number of fused-ring (bicyclic) bond motifs is 1. The van der Waals surface area contributed by atoms with Crippen molar-refractivity contribution in [2.24, 2.45) is 7.05 Å². The summed E-state index contributed by atoms with van der Waals surface area (Å²) in [6, 6.07) is 8.26. The van der Waals surface area contributed by atoms with Crippen molar-refractivity contribution < 1.29 is 0 Å². The molecule has 1 N–H and O–H groups in total. The predicted octanol–water partition coefficient (Wildman–Crippen LogP) is 2.75. The van der Waals surface area contributed by atoms with E-state index in [2.05, 4.69) is 22.2 Å². The van der Waals surface area contributed by atoms with Crippen LogP contribution in [0.1, 0.15) is 11.3 Å². The van der Waals surface area contributed by atoms with E-state index in [9.17, 15) is 5.26 Å². The van der Waals surface area contributed by atoms with Crippen LogP contribution in [-0.2, 0) is 7.05 Å². The number of benzene rings is 1. The predicted molar refractivity (Wildman–Crippen MR) is 70.0 cm³/mol. The number of aromatic nitrogens is 3. The highest BCUT2D eigenvalue weighted by Crippen LogP contribution is 2.28. The standard InChI is InChI=1S/C14H12N4/c1-9-3-10-4-13(12-7-16-18(2)8-12)11(6-15)5-14(10)17-9/h3-5,7-8,17H,1-2H3. The minimum atomic E-state index is 0.664. The number of nitrogens with zero attached hydrogens (tertiary/aromatic N) is 3. The molecule has 0 aliphatic rings. The van der Waals surface area contributed by atoms with Gasteiger partial charge in [-0.2, -0.15) is 10.4 Å². The molecule has 2 aromatic heterocycles. The van der Waals surface area contributed by atoms with Crippen LogP contribution in [0.3, 0.4) is 0 Å². The van der Waals surface area contributed by atoms with Crippen molar-refractivity contribution in [3.8, 4) is 17.2 Å². The smallest absolute Gasteiger partial charge is 0.0998 e. The normalized spacial score (nSPS) is 10.7. The number of hydrogen-bond acceptors (Lipinski definition) is 2. The van der Waals surface area contributed by atoms with Crippen LogP contribution in [0.25, 0.3) is 22.0 Å². The van der Waals surface area contributed by atoms with Gasteiger partial charge in [-0.25, -0.2) is 0 Å². The van der Waals surface area contributed by atoms with E-state index < -0.39 is 0 Å². The Balaban J connectivity index is 2.30. The van der Waals surface area contributed by atoms with Gasteiger partial charge in [-0.15, -0.1) is 0 Å². The topological polar surface area (TPSA) is 57.4 Å². The highest BCUT2D eigenvalue weighted by Gasteiger charge is 2.10. The molecule has 1 aromatic carbocycles. The minimum absolute atomic E-state index is 0.664. The largest absolute Gasteiger partial charge is 0.359 e. The van der Waals surface area contributed by atoms with E-state index in [0.29, 0.717) is 5.56 Å². The lowest BCUT2D eigenvalue weighted by Crippen LogP contribution is -1.85. The molecule has 0 saturated heterocycles. The maximum atomic E-state index is 9.26. The van der Waals surface area contributed by atoms with Crippen LogP contribution in [0.2, 0.25) is 0 Å². The van der Waals surface area contributed by atoms with E-state index >= 15 is 0 Å². The van der Waals surface area contributed by atoms with Gasteiger partial charge in [0.15, 0.2) is 0 Å². The molecule has 0 aliphatic heterocycles. The average molecular weight is 236 g/mol. The zero-order chi connectivity index (χ0) is 12.7. The summed E-state index contributed by atoms with van der Waals surface area (Å²) in [5, 5.41) is 14.5. The van der Waals surface area contributed by atoms with Gasteiger partial charge in [0.1, 0.15) is 0 Å². The number of nitrogens with one attached hydrogen (secondary N) is 1. The Bertz CT molecular complexity index is 771. The molecule has 3 rings (SSSR count). The van der Waals surface area contributed by atoms with Crippen LogP contribution in [-0.4, -0.2) is 14.8 Å². The van der Waals surface area contributed by atoms with E-state index in [1.165, 1.54) is 0 Å². The second-order valence-electron chi connectivity index (χ2n) is 4.45. The molecular weight excluding hydrogens is 224 g/mol. The van der Waals surface area contributed by atoms with Crippen LogP contribution in [0, 0.1) is 18.3 Å². The number of rotatable bonds is 1. The van der Waals surface area contributed by atoms with Crippen molar-refractivity contribution in [2.45, 2.75) is 6.92 Å². The van der Waals surface area contributed by atoms with Gasteiger partial charge in [0.2, 0.25) is 0 Å². The van der Waals surface area contributed by atoms with E-state index in [4.69, 9.17) is 0 Å². The lowest BCUT2D eigenvalue weighted by atomic mass is 10.0. The molecule has 0 amide bonds. The first-order chi connectivity index (χ1) is 8.67. The fraction of sp³-hybridized carbons (Fsp3) is 0.143. The summed E-state index contributed by atoms with van der Waals surface area (Å²) in [7, 11) is 1.87. The Labute approximate surface area is 104 Å². The minimum Gasteiger partial charge on any atom is -0.359 e. The first-order valence-corrected chi connectivity index (χ1v) is 5.70. The second kappa shape index (κ2) is 3.74. The molecule has 4 nitrogen and oxygen atoms in total. The average Bonchev–Trinajstić information content (AvgIpc) is 2.91. The summed E-state index contributed by atoms with van der Waals surface area (Å²) in [5.74, 6) is 0. The van der Waals surface area contributed by atoms with Gasteiger partial charge in [-0.3, -0.25) is 4.68 Å². The van der Waals surface area contributed by atoms with E-state index in [1.807, 2.05) is 32.3 Å². The Hall–Kier alpha value is -2.54. The Morgan fingerprint density at radius 3 is 2.83 bits per heavy atom. The zero-order valence-electron chi connectivity index (χ0n) is 10.2. The van der Waals surface area contributed by atoms with Gasteiger partial charge >= 0.3 is 0 Å². The summed E-state index contributed by atoms with van der Waals surface area (Å²) in [5.41, 5.74) is 4.65. The van der Waals surface area contributed by atoms with Crippen molar-refractivity contribution in [1.29, 1.82) is 5.26 Å². The van der Waals surface area contributed by atoms with Gasteiger partial charge in [-0.05, 0) is 25.1 Å². The number of H-pyrrole nitrogens is 1. The van der Waals surface area contributed by atoms with Crippen LogP contribution < -0.4 is 0 Å². The summed E-state index contributed by atoms with van der Waals surface area (Å²) < 4.78 is 1.74. The van der Waals surface area contributed by atoms with E-state index in [1.54, 1.807) is 10.9 Å². The molecule has 0 aliphatic carbocycles. The maximum absolute atomic E-state index is 9.26. The monoisotopic (exact) mass is 236 g/mol. The lowest BCUT2D eigenvalue weighted by molar-refractivity contribution is 0.768. The van der Waals surface area contributed by atoms with E-state index in [-0.39, 0.29) is 0 Å². The number of aromatic amines is 1. The molecule has 18 heavy (non-hydrogen) atoms. The molecule has 3 aromatic rings. The highest BCUT2D eigenvalue weighted by molar-refractivity contribution is 5.88. The van der Waals surface area contributed by atoms with Crippen molar-refractivity contribution >= 4 is 10.9 Å². The SMILES string of the molecule is Cc1cc2cc(-c3cnn(C)c3)c(C#N)cc2[nH]1. The molecule has 0 unspecified atom stereocenters. The van der Waals surface area contributed by atoms with Gasteiger partial charge in [0.05, 0.1) is 17.8 Å². The fourth-order valence-corrected chi connectivity index (χ4v) is 2.22. The highest BCUT2D eigenvalue weighted by atomic mass is 15.2. The maximum Gasteiger partial charge on any atom is 0.0998 e. The van der Waals surface area contributed by atoms with Gasteiger partial charge in [-0.1, -0.05) is 0 Å². The first kappa shape index (κ1) is 10.6. The summed E-state index contributed by atoms with van der Waals surface area (Å²) in [6.07, 6.45) is 3.70. The van der Waals surface area contributed by atoms with E-state index in [0.717, 1.165) is 27.7 Å². The molecule has 0 saturated carbocycles. The summed E-state index contributed by atoms with van der Waals surface area (Å²) >= 11 is 0. The van der Waals surface area contributed by atoms with Gasteiger partial charge < -0.3 is 4.98 Å². The Morgan fingerprint density at radius 1 is 1.33 bits per heavy atom. The number of hydrogen-bond donors (Lipinski definition) is 1. The molecule has 0 bridgehead atoms. The first-order valence-electron chi connectivity index (χ1n) is 5.70. The third kappa shape index (κ3) is 1.57. The Kier molecular flexibility index (Phi) is 2.20. The van der Waals surface area contributed by atoms with Crippen molar-refractivity contribution in [3.05, 3.63) is 41.9 Å². The van der Waals surface area contributed by atoms with Gasteiger partial charge in [0.25, 0.3) is 0 Å². The number of aryl methyl sites for hydroxylation is 2. The van der Waals surface area contributed by atoms with Crippen molar-refractivity contribution in [3.63, 3.8) is 0 Å². The molecule has 0 atom stereocenters. The Morgan fingerprint density at radius 2 is 2.17 bits per heavy atom. The molecule has 88 valence electrons. The van der Waals surface area contributed by atoms with Crippen LogP contribution >= 0.6 is 0 Å². The van der Waals surface area contributed by atoms with Crippen molar-refractivity contribution in [2.75, 3.05) is 0 Å². The summed E-state index contributed by atoms with van der Waals surface area (Å²) in [4.78, 5) is 3.25. The van der Waals surface area contributed by atoms with Crippen LogP contribution in [0.15, 0.2) is 30.6 Å². The second-order valence-corrected chi connectivity index (χ2v) is 4.45. The molecular formula is C14H12N4. The number of nitriles is 1. The quantitative estimate of drug-likeness (QED) is 0.706. The van der Waals surface area contributed by atoms with Crippen molar-refractivity contribution in [1.82, 2.24) is 14.8 Å². The molecule has 2 heterocycles. The molecule has 0 fully saturated rings. The fourth-order valence-electron chi connectivity index (χ4n) is 2.22. The van der Waals surface area contributed by atoms with Crippen LogP contribution in [0.4, 0.5) is 0 Å². The third-order valence-corrected chi connectivity index (χ3v) is 3.03. The molecule has 4 heteroatoms.